The number of hydrogen-bond acceptors (Lipinski definition) is 4. The minimum atomic E-state index is -0.439. The predicted octanol–water partition coefficient (Wildman–Crippen LogP) is 0.951. The molecule has 0 aliphatic heterocycles. The topological polar surface area (TPSA) is 81.0 Å². The van der Waals surface area contributed by atoms with Crippen molar-refractivity contribution in [1.82, 2.24) is 9.97 Å². The molecule has 5 nitrogen and oxygen atoms in total. The van der Waals surface area contributed by atoms with Gasteiger partial charge in [0.1, 0.15) is 11.6 Å². The van der Waals surface area contributed by atoms with Gasteiger partial charge in [0, 0.05) is 18.2 Å². The molecule has 0 radical (unpaired) electrons. The SMILES string of the molecule is COc1ccccc1Cc1cnc(=O)[nH]c1N. The lowest BCUT2D eigenvalue weighted by Gasteiger charge is -2.08. The number of aromatic amines is 1. The van der Waals surface area contributed by atoms with Gasteiger partial charge in [0.15, 0.2) is 0 Å². The maximum absolute atomic E-state index is 10.9. The van der Waals surface area contributed by atoms with Crippen molar-refractivity contribution in [2.75, 3.05) is 12.8 Å². The van der Waals surface area contributed by atoms with Gasteiger partial charge in [0.25, 0.3) is 0 Å². The molecule has 0 saturated heterocycles. The number of para-hydroxylation sites is 1. The molecule has 2 rings (SSSR count). The molecular formula is C12H13N3O2. The number of H-pyrrole nitrogens is 1. The highest BCUT2D eigenvalue weighted by Gasteiger charge is 2.06. The van der Waals surface area contributed by atoms with Crippen molar-refractivity contribution < 1.29 is 4.74 Å². The Hall–Kier alpha value is -2.30. The number of hydrogen-bond donors (Lipinski definition) is 2. The number of rotatable bonds is 3. The Morgan fingerprint density at radius 1 is 1.35 bits per heavy atom. The standard InChI is InChI=1S/C12H13N3O2/c1-17-10-5-3-2-4-8(10)6-9-7-14-12(16)15-11(9)13/h2-5,7H,6H2,1H3,(H3,13,14,15,16). The summed E-state index contributed by atoms with van der Waals surface area (Å²) in [6, 6.07) is 7.65. The first kappa shape index (κ1) is 11.2. The number of aromatic nitrogens is 2. The predicted molar refractivity (Wildman–Crippen MR) is 65.1 cm³/mol. The van der Waals surface area contributed by atoms with Crippen molar-refractivity contribution in [2.24, 2.45) is 0 Å². The molecule has 0 fully saturated rings. The van der Waals surface area contributed by atoms with E-state index >= 15 is 0 Å². The molecular weight excluding hydrogens is 218 g/mol. The maximum atomic E-state index is 10.9. The lowest BCUT2D eigenvalue weighted by molar-refractivity contribution is 0.410. The molecule has 1 aromatic heterocycles. The fraction of sp³-hybridized carbons (Fsp3) is 0.167. The zero-order valence-corrected chi connectivity index (χ0v) is 9.43. The number of anilines is 1. The second kappa shape index (κ2) is 4.69. The Balaban J connectivity index is 2.34. The van der Waals surface area contributed by atoms with Gasteiger partial charge in [-0.1, -0.05) is 18.2 Å². The first-order chi connectivity index (χ1) is 8.20. The van der Waals surface area contributed by atoms with Crippen LogP contribution >= 0.6 is 0 Å². The first-order valence-electron chi connectivity index (χ1n) is 5.16. The summed E-state index contributed by atoms with van der Waals surface area (Å²) < 4.78 is 5.25. The van der Waals surface area contributed by atoms with Crippen molar-refractivity contribution in [3.8, 4) is 5.75 Å². The van der Waals surface area contributed by atoms with Crippen LogP contribution in [0.25, 0.3) is 0 Å². The van der Waals surface area contributed by atoms with Crippen molar-refractivity contribution in [1.29, 1.82) is 0 Å². The van der Waals surface area contributed by atoms with E-state index in [0.29, 0.717) is 12.2 Å². The van der Waals surface area contributed by atoms with Gasteiger partial charge in [0.2, 0.25) is 0 Å². The van der Waals surface area contributed by atoms with Gasteiger partial charge in [-0.2, -0.15) is 0 Å². The van der Waals surface area contributed by atoms with E-state index in [1.165, 1.54) is 6.20 Å². The van der Waals surface area contributed by atoms with Gasteiger partial charge >= 0.3 is 5.69 Å². The van der Waals surface area contributed by atoms with E-state index in [4.69, 9.17) is 10.5 Å². The van der Waals surface area contributed by atoms with Crippen LogP contribution in [0.4, 0.5) is 5.82 Å². The van der Waals surface area contributed by atoms with Crippen LogP contribution in [0.2, 0.25) is 0 Å². The molecule has 17 heavy (non-hydrogen) atoms. The molecule has 88 valence electrons. The third-order valence-electron chi connectivity index (χ3n) is 2.50. The molecule has 5 heteroatoms. The minimum absolute atomic E-state index is 0.343. The lowest BCUT2D eigenvalue weighted by atomic mass is 10.1. The molecule has 3 N–H and O–H groups in total. The third kappa shape index (κ3) is 2.44. The van der Waals surface area contributed by atoms with Gasteiger partial charge in [-0.25, -0.2) is 9.78 Å². The summed E-state index contributed by atoms with van der Waals surface area (Å²) >= 11 is 0. The normalized spacial score (nSPS) is 10.2. The minimum Gasteiger partial charge on any atom is -0.496 e. The Morgan fingerprint density at radius 2 is 2.12 bits per heavy atom. The highest BCUT2D eigenvalue weighted by Crippen LogP contribution is 2.21. The van der Waals surface area contributed by atoms with Crippen LogP contribution in [-0.2, 0) is 6.42 Å². The monoisotopic (exact) mass is 231 g/mol. The summed E-state index contributed by atoms with van der Waals surface area (Å²) in [5, 5.41) is 0. The van der Waals surface area contributed by atoms with E-state index in [1.807, 2.05) is 24.3 Å². The van der Waals surface area contributed by atoms with Crippen LogP contribution in [0.5, 0.6) is 5.75 Å². The Morgan fingerprint density at radius 3 is 2.82 bits per heavy atom. The van der Waals surface area contributed by atoms with Crippen molar-refractivity contribution in [3.63, 3.8) is 0 Å². The van der Waals surface area contributed by atoms with Crippen molar-refractivity contribution in [3.05, 3.63) is 52.1 Å². The Kier molecular flexibility index (Phi) is 3.09. The Labute approximate surface area is 98.3 Å². The number of nitrogens with two attached hydrogens (primary N) is 1. The van der Waals surface area contributed by atoms with Gasteiger partial charge < -0.3 is 10.5 Å². The number of ether oxygens (including phenoxy) is 1. The van der Waals surface area contributed by atoms with Gasteiger partial charge in [-0.05, 0) is 11.6 Å². The van der Waals surface area contributed by atoms with Crippen LogP contribution in [0.3, 0.4) is 0 Å². The number of benzene rings is 1. The number of nitrogens with one attached hydrogen (secondary N) is 1. The molecule has 0 bridgehead atoms. The summed E-state index contributed by atoms with van der Waals surface area (Å²) in [6.07, 6.45) is 2.06. The lowest BCUT2D eigenvalue weighted by Crippen LogP contribution is -2.14. The van der Waals surface area contributed by atoms with E-state index < -0.39 is 5.69 Å². The number of nitrogens with zero attached hydrogens (tertiary/aromatic N) is 1. The average Bonchev–Trinajstić information content (AvgIpc) is 2.33. The van der Waals surface area contributed by atoms with Crippen LogP contribution in [0, 0.1) is 0 Å². The van der Waals surface area contributed by atoms with Crippen molar-refractivity contribution >= 4 is 5.82 Å². The molecule has 1 aromatic carbocycles. The quantitative estimate of drug-likeness (QED) is 0.824. The summed E-state index contributed by atoms with van der Waals surface area (Å²) in [5.74, 6) is 1.13. The van der Waals surface area contributed by atoms with E-state index in [2.05, 4.69) is 9.97 Å². The van der Waals surface area contributed by atoms with Crippen molar-refractivity contribution in [2.45, 2.75) is 6.42 Å². The molecule has 0 spiro atoms. The van der Waals surface area contributed by atoms with Crippen LogP contribution < -0.4 is 16.2 Å². The molecule has 0 saturated carbocycles. The summed E-state index contributed by atoms with van der Waals surface area (Å²) in [4.78, 5) is 17.1. The molecule has 0 aliphatic rings. The van der Waals surface area contributed by atoms with Crippen LogP contribution in [-0.4, -0.2) is 17.1 Å². The van der Waals surface area contributed by atoms with E-state index in [9.17, 15) is 4.79 Å². The molecule has 0 aliphatic carbocycles. The first-order valence-corrected chi connectivity index (χ1v) is 5.16. The largest absolute Gasteiger partial charge is 0.496 e. The zero-order valence-electron chi connectivity index (χ0n) is 9.43. The summed E-state index contributed by atoms with van der Waals surface area (Å²) in [5.41, 5.74) is 7.05. The number of methoxy groups -OCH3 is 1. The molecule has 0 amide bonds. The second-order valence-electron chi connectivity index (χ2n) is 3.62. The maximum Gasteiger partial charge on any atom is 0.346 e. The number of nitrogen functional groups attached to an aromatic ring is 1. The van der Waals surface area contributed by atoms with Crippen LogP contribution in [0.15, 0.2) is 35.3 Å². The van der Waals surface area contributed by atoms with Crippen LogP contribution in [0.1, 0.15) is 11.1 Å². The molecule has 0 atom stereocenters. The average molecular weight is 231 g/mol. The second-order valence-corrected chi connectivity index (χ2v) is 3.62. The molecule has 1 heterocycles. The zero-order chi connectivity index (χ0) is 12.3. The smallest absolute Gasteiger partial charge is 0.346 e. The van der Waals surface area contributed by atoms with Gasteiger partial charge in [-0.3, -0.25) is 4.98 Å². The fourth-order valence-corrected chi connectivity index (χ4v) is 1.63. The summed E-state index contributed by atoms with van der Waals surface area (Å²) in [6.45, 7) is 0. The molecule has 2 aromatic rings. The van der Waals surface area contributed by atoms with Gasteiger partial charge in [0.05, 0.1) is 7.11 Å². The highest BCUT2D eigenvalue weighted by atomic mass is 16.5. The van der Waals surface area contributed by atoms with E-state index in [0.717, 1.165) is 16.9 Å². The molecule has 0 unspecified atom stereocenters. The Bertz CT molecular complexity index is 578. The van der Waals surface area contributed by atoms with E-state index in [1.54, 1.807) is 7.11 Å². The van der Waals surface area contributed by atoms with Gasteiger partial charge in [-0.15, -0.1) is 0 Å². The highest BCUT2D eigenvalue weighted by molar-refractivity contribution is 5.44. The fourth-order valence-electron chi connectivity index (χ4n) is 1.63. The van der Waals surface area contributed by atoms with E-state index in [-0.39, 0.29) is 0 Å². The third-order valence-corrected chi connectivity index (χ3v) is 2.50. The summed E-state index contributed by atoms with van der Waals surface area (Å²) in [7, 11) is 1.62.